The molecule has 0 aliphatic carbocycles. The number of Topliss-reactive ketones (excluding diaryl/α,β-unsaturated/α-hetero) is 1. The number of aliphatic hydroxyl groups excluding tert-OH is 1. The smallest absolute Gasteiger partial charge is 0.132 e. The molecule has 1 N–H and O–H groups in total. The average Bonchev–Trinajstić information content (AvgIpc) is 1.63. The second kappa shape index (κ2) is 3.62. The molecule has 0 aromatic rings. The van der Waals surface area contributed by atoms with Crippen LogP contribution in [0.25, 0.3) is 0 Å². The molecule has 0 spiro atoms. The summed E-state index contributed by atoms with van der Waals surface area (Å²) in [5.41, 5.74) is 0. The first-order valence-corrected chi connectivity index (χ1v) is 3.21. The standard InChI is InChI=1S/C7H14O2/c1-5(2)7(9)4-6(3)8/h5,7,9H,4H2,1-3H3/t7-/m0/s1. The molecule has 54 valence electrons. The molecule has 0 radical (unpaired) electrons. The monoisotopic (exact) mass is 130 g/mol. The number of hydrogen-bond acceptors (Lipinski definition) is 2. The number of hydrogen-bond donors (Lipinski definition) is 1. The van der Waals surface area contributed by atoms with Crippen molar-refractivity contribution in [3.8, 4) is 0 Å². The molecule has 0 rings (SSSR count). The lowest BCUT2D eigenvalue weighted by molar-refractivity contribution is -0.119. The number of aliphatic hydroxyl groups is 1. The van der Waals surface area contributed by atoms with Gasteiger partial charge in [-0.2, -0.15) is 0 Å². The Balaban J connectivity index is 3.50. The van der Waals surface area contributed by atoms with Crippen LogP contribution in [-0.2, 0) is 4.79 Å². The van der Waals surface area contributed by atoms with Crippen LogP contribution in [0.4, 0.5) is 0 Å². The zero-order valence-corrected chi connectivity index (χ0v) is 6.22. The number of ketones is 1. The summed E-state index contributed by atoms with van der Waals surface area (Å²) in [6, 6.07) is 0. The van der Waals surface area contributed by atoms with E-state index in [1.807, 2.05) is 13.8 Å². The first-order chi connectivity index (χ1) is 4.04. The highest BCUT2D eigenvalue weighted by atomic mass is 16.3. The van der Waals surface area contributed by atoms with Crippen LogP contribution in [0, 0.1) is 5.92 Å². The van der Waals surface area contributed by atoms with Gasteiger partial charge in [-0.25, -0.2) is 0 Å². The maximum Gasteiger partial charge on any atom is 0.132 e. The van der Waals surface area contributed by atoms with Gasteiger partial charge in [0.2, 0.25) is 0 Å². The van der Waals surface area contributed by atoms with Gasteiger partial charge in [0.15, 0.2) is 0 Å². The van der Waals surface area contributed by atoms with E-state index in [1.54, 1.807) is 0 Å². The number of carbonyl (C=O) groups excluding carboxylic acids is 1. The van der Waals surface area contributed by atoms with Crippen LogP contribution in [0.15, 0.2) is 0 Å². The van der Waals surface area contributed by atoms with Gasteiger partial charge in [-0.1, -0.05) is 13.8 Å². The molecule has 0 bridgehead atoms. The third kappa shape index (κ3) is 4.15. The lowest BCUT2D eigenvalue weighted by Crippen LogP contribution is -2.17. The van der Waals surface area contributed by atoms with Crippen molar-refractivity contribution < 1.29 is 9.90 Å². The fourth-order valence-corrected chi connectivity index (χ4v) is 0.530. The Bertz CT molecular complexity index is 97.1. The maximum absolute atomic E-state index is 10.4. The first-order valence-electron chi connectivity index (χ1n) is 3.21. The minimum Gasteiger partial charge on any atom is -0.392 e. The van der Waals surface area contributed by atoms with Crippen molar-refractivity contribution in [2.45, 2.75) is 33.3 Å². The summed E-state index contributed by atoms with van der Waals surface area (Å²) in [4.78, 5) is 10.4. The van der Waals surface area contributed by atoms with E-state index in [0.717, 1.165) is 0 Å². The van der Waals surface area contributed by atoms with Crippen LogP contribution in [-0.4, -0.2) is 17.0 Å². The highest BCUT2D eigenvalue weighted by molar-refractivity contribution is 5.75. The fourth-order valence-electron chi connectivity index (χ4n) is 0.530. The van der Waals surface area contributed by atoms with Crippen molar-refractivity contribution in [1.82, 2.24) is 0 Å². The molecule has 0 heterocycles. The zero-order valence-electron chi connectivity index (χ0n) is 6.22. The van der Waals surface area contributed by atoms with Gasteiger partial charge >= 0.3 is 0 Å². The summed E-state index contributed by atoms with van der Waals surface area (Å²) in [7, 11) is 0. The Morgan fingerprint density at radius 2 is 2.00 bits per heavy atom. The molecule has 1 atom stereocenters. The molecule has 9 heavy (non-hydrogen) atoms. The van der Waals surface area contributed by atoms with Crippen LogP contribution in [0.3, 0.4) is 0 Å². The van der Waals surface area contributed by atoms with Crippen molar-refractivity contribution in [3.05, 3.63) is 0 Å². The Hall–Kier alpha value is -0.370. The molecule has 0 aromatic heterocycles. The molecule has 0 aliphatic rings. The molecular weight excluding hydrogens is 116 g/mol. The van der Waals surface area contributed by atoms with Gasteiger partial charge in [0.1, 0.15) is 5.78 Å². The Labute approximate surface area is 55.9 Å². The summed E-state index contributed by atoms with van der Waals surface area (Å²) in [5, 5.41) is 9.08. The minimum atomic E-state index is -0.456. The van der Waals surface area contributed by atoms with E-state index in [9.17, 15) is 4.79 Å². The van der Waals surface area contributed by atoms with Gasteiger partial charge in [0.25, 0.3) is 0 Å². The van der Waals surface area contributed by atoms with Crippen LogP contribution in [0.1, 0.15) is 27.2 Å². The summed E-state index contributed by atoms with van der Waals surface area (Å²) >= 11 is 0. The molecule has 0 saturated heterocycles. The number of carbonyl (C=O) groups is 1. The van der Waals surface area contributed by atoms with E-state index in [0.29, 0.717) is 0 Å². The van der Waals surface area contributed by atoms with Gasteiger partial charge in [-0.05, 0) is 12.8 Å². The molecule has 0 fully saturated rings. The topological polar surface area (TPSA) is 37.3 Å². The molecule has 0 aromatic carbocycles. The molecular formula is C7H14O2. The highest BCUT2D eigenvalue weighted by Crippen LogP contribution is 2.04. The quantitative estimate of drug-likeness (QED) is 0.618. The predicted octanol–water partition coefficient (Wildman–Crippen LogP) is 0.982. The van der Waals surface area contributed by atoms with Gasteiger partial charge in [-0.15, -0.1) is 0 Å². The van der Waals surface area contributed by atoms with Gasteiger partial charge in [0.05, 0.1) is 6.10 Å². The van der Waals surface area contributed by atoms with Gasteiger partial charge < -0.3 is 5.11 Å². The van der Waals surface area contributed by atoms with Crippen molar-refractivity contribution in [1.29, 1.82) is 0 Å². The molecule has 2 heteroatoms. The van der Waals surface area contributed by atoms with E-state index in [2.05, 4.69) is 0 Å². The van der Waals surface area contributed by atoms with E-state index >= 15 is 0 Å². The lowest BCUT2D eigenvalue weighted by Gasteiger charge is -2.10. The molecule has 0 unspecified atom stereocenters. The zero-order chi connectivity index (χ0) is 7.44. The second-order valence-corrected chi connectivity index (χ2v) is 2.72. The van der Waals surface area contributed by atoms with E-state index in [1.165, 1.54) is 6.92 Å². The summed E-state index contributed by atoms with van der Waals surface area (Å²) in [6.07, 6.45) is -0.167. The van der Waals surface area contributed by atoms with E-state index < -0.39 is 6.10 Å². The third-order valence-electron chi connectivity index (χ3n) is 1.27. The van der Waals surface area contributed by atoms with Crippen molar-refractivity contribution >= 4 is 5.78 Å². The normalized spacial score (nSPS) is 13.9. The van der Waals surface area contributed by atoms with Gasteiger partial charge in [0, 0.05) is 6.42 Å². The minimum absolute atomic E-state index is 0.0520. The molecule has 0 amide bonds. The maximum atomic E-state index is 10.4. The number of rotatable bonds is 3. The molecule has 0 saturated carbocycles. The van der Waals surface area contributed by atoms with Crippen LogP contribution in [0.2, 0.25) is 0 Å². The first kappa shape index (κ1) is 8.63. The predicted molar refractivity (Wildman–Crippen MR) is 36.1 cm³/mol. The average molecular weight is 130 g/mol. The SMILES string of the molecule is CC(=O)C[C@H](O)C(C)C. The Morgan fingerprint density at radius 3 is 2.11 bits per heavy atom. The summed E-state index contributed by atoms with van der Waals surface area (Å²) < 4.78 is 0. The van der Waals surface area contributed by atoms with Crippen LogP contribution >= 0.6 is 0 Å². The highest BCUT2D eigenvalue weighted by Gasteiger charge is 2.10. The fraction of sp³-hybridized carbons (Fsp3) is 0.857. The van der Waals surface area contributed by atoms with Crippen LogP contribution in [0.5, 0.6) is 0 Å². The van der Waals surface area contributed by atoms with Crippen molar-refractivity contribution in [2.24, 2.45) is 5.92 Å². The molecule has 0 aliphatic heterocycles. The van der Waals surface area contributed by atoms with E-state index in [4.69, 9.17) is 5.11 Å². The Morgan fingerprint density at radius 1 is 1.56 bits per heavy atom. The van der Waals surface area contributed by atoms with Crippen molar-refractivity contribution in [3.63, 3.8) is 0 Å². The van der Waals surface area contributed by atoms with Crippen LogP contribution < -0.4 is 0 Å². The lowest BCUT2D eigenvalue weighted by atomic mass is 10.0. The largest absolute Gasteiger partial charge is 0.392 e. The second-order valence-electron chi connectivity index (χ2n) is 2.72. The third-order valence-corrected chi connectivity index (χ3v) is 1.27. The summed E-state index contributed by atoms with van der Waals surface area (Å²) in [6.45, 7) is 5.28. The van der Waals surface area contributed by atoms with E-state index in [-0.39, 0.29) is 18.1 Å². The Kier molecular flexibility index (Phi) is 3.47. The summed E-state index contributed by atoms with van der Waals surface area (Å²) in [5.74, 6) is 0.241. The van der Waals surface area contributed by atoms with Gasteiger partial charge in [-0.3, -0.25) is 4.79 Å². The molecule has 2 nitrogen and oxygen atoms in total. The van der Waals surface area contributed by atoms with Crippen molar-refractivity contribution in [2.75, 3.05) is 0 Å².